The van der Waals surface area contributed by atoms with Gasteiger partial charge in [0, 0.05) is 50.5 Å². The van der Waals surface area contributed by atoms with Gasteiger partial charge in [-0.05, 0) is 47.9 Å². The molecule has 0 bridgehead atoms. The molecule has 0 saturated heterocycles. The first-order chi connectivity index (χ1) is 23.6. The lowest BCUT2D eigenvalue weighted by Gasteiger charge is -2.32. The Hall–Kier alpha value is -6.26. The number of hydrogen-bond acceptors (Lipinski definition) is 4. The van der Waals surface area contributed by atoms with Crippen LogP contribution in [0, 0.1) is 0 Å². The van der Waals surface area contributed by atoms with E-state index < -0.39 is 0 Å². The normalized spacial score (nSPS) is 11.9. The summed E-state index contributed by atoms with van der Waals surface area (Å²) in [4.78, 5) is 19.4. The zero-order chi connectivity index (χ0) is 32.1. The molecule has 0 saturated carbocycles. The van der Waals surface area contributed by atoms with Gasteiger partial charge in [-0.2, -0.15) is 0 Å². The van der Waals surface area contributed by atoms with Gasteiger partial charge in [-0.25, -0.2) is 9.97 Å². The van der Waals surface area contributed by atoms with Crippen LogP contribution in [0.4, 0.5) is 0 Å². The Morgan fingerprint density at radius 3 is 1.21 bits per heavy atom. The quantitative estimate of drug-likeness (QED) is 0.143. The summed E-state index contributed by atoms with van der Waals surface area (Å²) in [6.07, 6.45) is 3.67. The maximum absolute atomic E-state index is 5.08. The molecule has 0 aliphatic carbocycles. The number of fused-ring (bicyclic) bond motifs is 6. The van der Waals surface area contributed by atoms with Gasteiger partial charge in [-0.3, -0.25) is 9.97 Å². The first-order valence-electron chi connectivity index (χ1n) is 16.2. The van der Waals surface area contributed by atoms with E-state index in [1.807, 2.05) is 24.5 Å². The highest BCUT2D eigenvalue weighted by Crippen LogP contribution is 2.40. The van der Waals surface area contributed by atoms with E-state index in [2.05, 4.69) is 156 Å². The van der Waals surface area contributed by atoms with Gasteiger partial charge in [-0.15, -0.1) is 0 Å². The van der Waals surface area contributed by atoms with Crippen molar-refractivity contribution in [3.05, 3.63) is 181 Å². The van der Waals surface area contributed by atoms with Gasteiger partial charge in [0.25, 0.3) is 0 Å². The molecule has 0 radical (unpaired) electrons. The summed E-state index contributed by atoms with van der Waals surface area (Å²) >= 11 is 0. The van der Waals surface area contributed by atoms with Crippen molar-refractivity contribution in [3.63, 3.8) is 0 Å². The van der Waals surface area contributed by atoms with E-state index in [4.69, 9.17) is 9.97 Å². The molecule has 0 spiro atoms. The minimum Gasteiger partial charge on any atom is -0.254 e. The molecule has 4 aromatic heterocycles. The van der Waals surface area contributed by atoms with Crippen LogP contribution in [0.1, 0.15) is 23.6 Å². The molecule has 0 aliphatic heterocycles. The molecule has 0 unspecified atom stereocenters. The van der Waals surface area contributed by atoms with Gasteiger partial charge >= 0.3 is 0 Å². The fraction of sp³-hybridized carbons (Fsp3) is 0.0455. The zero-order valence-electron chi connectivity index (χ0n) is 26.4. The van der Waals surface area contributed by atoms with Gasteiger partial charge in [0.15, 0.2) is 0 Å². The van der Waals surface area contributed by atoms with Gasteiger partial charge in [0.05, 0.1) is 33.5 Å². The largest absolute Gasteiger partial charge is 0.254 e. The van der Waals surface area contributed by atoms with Crippen molar-refractivity contribution in [2.75, 3.05) is 0 Å². The summed E-state index contributed by atoms with van der Waals surface area (Å²) in [5.41, 5.74) is 11.0. The monoisotopic (exact) mass is 614 g/mol. The third-order valence-electron chi connectivity index (χ3n) is 9.73. The fourth-order valence-corrected chi connectivity index (χ4v) is 6.99. The van der Waals surface area contributed by atoms with E-state index >= 15 is 0 Å². The second-order valence-corrected chi connectivity index (χ2v) is 12.5. The molecule has 0 fully saturated rings. The van der Waals surface area contributed by atoms with Crippen LogP contribution in [0.3, 0.4) is 0 Å². The smallest absolute Gasteiger partial charge is 0.0972 e. The predicted octanol–water partition coefficient (Wildman–Crippen LogP) is 10.6. The molecule has 5 aromatic carbocycles. The van der Waals surface area contributed by atoms with Crippen molar-refractivity contribution in [3.8, 4) is 22.5 Å². The lowest BCUT2D eigenvalue weighted by molar-refractivity contribution is 0.693. The number of benzene rings is 5. The van der Waals surface area contributed by atoms with Crippen LogP contribution >= 0.6 is 0 Å². The van der Waals surface area contributed by atoms with Crippen LogP contribution < -0.4 is 0 Å². The topological polar surface area (TPSA) is 51.6 Å². The molecule has 4 heteroatoms. The van der Waals surface area contributed by atoms with E-state index in [1.165, 1.54) is 16.7 Å². The Labute approximate surface area is 278 Å². The van der Waals surface area contributed by atoms with E-state index in [1.54, 1.807) is 0 Å². The van der Waals surface area contributed by atoms with Gasteiger partial charge < -0.3 is 0 Å². The molecule has 0 atom stereocenters. The molecule has 0 amide bonds. The molecule has 48 heavy (non-hydrogen) atoms. The number of hydrogen-bond donors (Lipinski definition) is 0. The average Bonchev–Trinajstić information content (AvgIpc) is 3.17. The minimum absolute atomic E-state index is 0.383. The number of nitrogens with zero attached hydrogens (tertiary/aromatic N) is 4. The fourth-order valence-electron chi connectivity index (χ4n) is 6.99. The van der Waals surface area contributed by atoms with Crippen molar-refractivity contribution in [2.45, 2.75) is 12.3 Å². The second kappa shape index (κ2) is 11.2. The molecule has 9 aromatic rings. The molecular formula is C44H30N4. The summed E-state index contributed by atoms with van der Waals surface area (Å²) in [7, 11) is 0. The molecule has 226 valence electrons. The summed E-state index contributed by atoms with van der Waals surface area (Å²) < 4.78 is 0. The highest BCUT2D eigenvalue weighted by molar-refractivity contribution is 6.04. The Morgan fingerprint density at radius 1 is 0.354 bits per heavy atom. The van der Waals surface area contributed by atoms with E-state index in [0.29, 0.717) is 0 Å². The SMILES string of the molecule is CC(c1ccccc1)(c1ccc(-c2ccc3ccc4cccnc4c3n2)cc1)c1ccc(-c2ccc3ccc4cccnc4c3n2)cc1. The number of aromatic nitrogens is 4. The van der Waals surface area contributed by atoms with Crippen LogP contribution in [-0.2, 0) is 5.41 Å². The first kappa shape index (κ1) is 28.0. The summed E-state index contributed by atoms with van der Waals surface area (Å²) in [6, 6.07) is 53.5. The highest BCUT2D eigenvalue weighted by atomic mass is 14.8. The lowest BCUT2D eigenvalue weighted by Crippen LogP contribution is -2.25. The van der Waals surface area contributed by atoms with Gasteiger partial charge in [0.1, 0.15) is 0 Å². The minimum atomic E-state index is -0.383. The van der Waals surface area contributed by atoms with E-state index in [0.717, 1.165) is 66.1 Å². The predicted molar refractivity (Wildman–Crippen MR) is 197 cm³/mol. The summed E-state index contributed by atoms with van der Waals surface area (Å²) in [5, 5.41) is 4.37. The molecule has 9 rings (SSSR count). The average molecular weight is 615 g/mol. The molecular weight excluding hydrogens is 585 g/mol. The van der Waals surface area contributed by atoms with Crippen LogP contribution in [0.2, 0.25) is 0 Å². The van der Waals surface area contributed by atoms with Crippen LogP contribution in [0.15, 0.2) is 164 Å². The maximum Gasteiger partial charge on any atom is 0.0972 e. The van der Waals surface area contributed by atoms with Crippen LogP contribution in [-0.4, -0.2) is 19.9 Å². The first-order valence-corrected chi connectivity index (χ1v) is 16.2. The number of pyridine rings is 4. The lowest BCUT2D eigenvalue weighted by atomic mass is 9.71. The van der Waals surface area contributed by atoms with Crippen molar-refractivity contribution < 1.29 is 0 Å². The standard InChI is InChI=1S/C44H30N4/c1-44(35-9-3-2-4-10-35,36-21-15-29(16-22-36)38-25-19-33-13-11-31-7-5-27-45-40(31)42(33)47-38)37-23-17-30(18-24-37)39-26-20-34-14-12-32-8-6-28-46-41(32)43(34)48-39/h2-28H,1H3. The van der Waals surface area contributed by atoms with Crippen LogP contribution in [0.5, 0.6) is 0 Å². The van der Waals surface area contributed by atoms with Crippen molar-refractivity contribution >= 4 is 43.6 Å². The maximum atomic E-state index is 5.08. The third kappa shape index (κ3) is 4.61. The summed E-state index contributed by atoms with van der Waals surface area (Å²) in [6.45, 7) is 2.31. The Morgan fingerprint density at radius 2 is 0.750 bits per heavy atom. The molecule has 0 N–H and O–H groups in total. The van der Waals surface area contributed by atoms with Crippen molar-refractivity contribution in [2.24, 2.45) is 0 Å². The Balaban J connectivity index is 1.10. The molecule has 4 nitrogen and oxygen atoms in total. The highest BCUT2D eigenvalue weighted by Gasteiger charge is 2.31. The third-order valence-corrected chi connectivity index (χ3v) is 9.73. The Kier molecular flexibility index (Phi) is 6.54. The van der Waals surface area contributed by atoms with E-state index in [-0.39, 0.29) is 5.41 Å². The Bertz CT molecular complexity index is 2450. The summed E-state index contributed by atoms with van der Waals surface area (Å²) in [5.74, 6) is 0. The second-order valence-electron chi connectivity index (χ2n) is 12.5. The molecule has 4 heterocycles. The molecule has 0 aliphatic rings. The van der Waals surface area contributed by atoms with Gasteiger partial charge in [-0.1, -0.05) is 127 Å². The zero-order valence-corrected chi connectivity index (χ0v) is 26.4. The van der Waals surface area contributed by atoms with Gasteiger partial charge in [0.2, 0.25) is 0 Å². The van der Waals surface area contributed by atoms with Crippen molar-refractivity contribution in [1.82, 2.24) is 19.9 Å². The van der Waals surface area contributed by atoms with Crippen LogP contribution in [0.25, 0.3) is 66.1 Å². The number of rotatable bonds is 5. The van der Waals surface area contributed by atoms with E-state index in [9.17, 15) is 0 Å². The van der Waals surface area contributed by atoms with Crippen molar-refractivity contribution in [1.29, 1.82) is 0 Å².